The summed E-state index contributed by atoms with van der Waals surface area (Å²) in [4.78, 5) is 4.67. The summed E-state index contributed by atoms with van der Waals surface area (Å²) in [7, 11) is 1.55. The molecular weight excluding hydrogens is 228 g/mol. The third kappa shape index (κ3) is 0.915. The lowest BCUT2D eigenvalue weighted by Crippen LogP contribution is -2.71. The minimum absolute atomic E-state index is 0.0582. The van der Waals surface area contributed by atoms with E-state index < -0.39 is 0 Å². The second-order valence-electron chi connectivity index (χ2n) is 5.49. The van der Waals surface area contributed by atoms with Crippen LogP contribution in [0.4, 0.5) is 0 Å². The van der Waals surface area contributed by atoms with E-state index in [-0.39, 0.29) is 17.1 Å². The molecule has 1 fully saturated rings. The summed E-state index contributed by atoms with van der Waals surface area (Å²) in [6.07, 6.45) is 3.90. The van der Waals surface area contributed by atoms with Crippen LogP contribution in [-0.4, -0.2) is 24.7 Å². The van der Waals surface area contributed by atoms with E-state index in [0.717, 1.165) is 5.57 Å². The molecule has 0 amide bonds. The average Bonchev–Trinajstić information content (AvgIpc) is 2.83. The number of nitriles is 1. The molecule has 0 bridgehead atoms. The van der Waals surface area contributed by atoms with Gasteiger partial charge in [0.15, 0.2) is 0 Å². The monoisotopic (exact) mass is 244 g/mol. The number of dihydropyridines is 1. The van der Waals surface area contributed by atoms with E-state index in [2.05, 4.69) is 31.0 Å². The molecule has 1 aliphatic carbocycles. The van der Waals surface area contributed by atoms with Crippen molar-refractivity contribution in [3.8, 4) is 6.07 Å². The lowest BCUT2D eigenvalue weighted by molar-refractivity contribution is -0.120. The van der Waals surface area contributed by atoms with Crippen molar-refractivity contribution in [2.75, 3.05) is 7.11 Å². The zero-order chi connectivity index (χ0) is 13.1. The molecule has 0 radical (unpaired) electrons. The van der Waals surface area contributed by atoms with E-state index >= 15 is 0 Å². The number of nitrogens with zero attached hydrogens (tertiary/aromatic N) is 2. The van der Waals surface area contributed by atoms with Crippen molar-refractivity contribution >= 4 is 5.90 Å². The lowest BCUT2D eigenvalue weighted by atomic mass is 9.44. The highest BCUT2D eigenvalue weighted by Gasteiger charge is 2.72. The molecule has 0 aromatic heterocycles. The quantitative estimate of drug-likeness (QED) is 0.656. The molecule has 0 aromatic carbocycles. The van der Waals surface area contributed by atoms with Gasteiger partial charge in [0.1, 0.15) is 23.3 Å². The molecular formula is C14H16N2O2. The highest BCUT2D eigenvalue weighted by molar-refractivity contribution is 6.00. The van der Waals surface area contributed by atoms with Crippen molar-refractivity contribution in [1.82, 2.24) is 0 Å². The van der Waals surface area contributed by atoms with Gasteiger partial charge in [0.05, 0.1) is 13.4 Å². The van der Waals surface area contributed by atoms with Gasteiger partial charge in [-0.25, -0.2) is 4.99 Å². The Balaban J connectivity index is 2.20. The SMILES string of the molecule is COC1=N[C@]2(C)[C@@H]3OC=C[C@@H]3[C@]2(C)C(C)=C1C#N. The van der Waals surface area contributed by atoms with Crippen molar-refractivity contribution in [3.05, 3.63) is 23.5 Å². The van der Waals surface area contributed by atoms with Crippen molar-refractivity contribution in [3.63, 3.8) is 0 Å². The molecule has 4 heteroatoms. The van der Waals surface area contributed by atoms with Crippen molar-refractivity contribution < 1.29 is 9.47 Å². The summed E-state index contributed by atoms with van der Waals surface area (Å²) in [6.45, 7) is 6.25. The predicted octanol–water partition coefficient (Wildman–Crippen LogP) is 2.19. The maximum atomic E-state index is 9.31. The first-order chi connectivity index (χ1) is 8.50. The molecule has 0 N–H and O–H groups in total. The van der Waals surface area contributed by atoms with E-state index in [4.69, 9.17) is 9.47 Å². The Bertz CT molecular complexity index is 555. The summed E-state index contributed by atoms with van der Waals surface area (Å²) in [5.41, 5.74) is 1.11. The molecule has 3 aliphatic rings. The number of hydrogen-bond donors (Lipinski definition) is 0. The zero-order valence-corrected chi connectivity index (χ0v) is 11.0. The highest BCUT2D eigenvalue weighted by Crippen LogP contribution is 2.65. The van der Waals surface area contributed by atoms with E-state index in [0.29, 0.717) is 17.4 Å². The van der Waals surface area contributed by atoms with Gasteiger partial charge in [-0.15, -0.1) is 0 Å². The van der Waals surface area contributed by atoms with E-state index in [1.807, 2.05) is 6.92 Å². The first-order valence-corrected chi connectivity index (χ1v) is 6.08. The molecule has 3 rings (SSSR count). The maximum Gasteiger partial charge on any atom is 0.227 e. The number of rotatable bonds is 0. The third-order valence-electron chi connectivity index (χ3n) is 5.12. The van der Waals surface area contributed by atoms with Crippen LogP contribution >= 0.6 is 0 Å². The van der Waals surface area contributed by atoms with Gasteiger partial charge in [0.25, 0.3) is 0 Å². The third-order valence-corrected chi connectivity index (χ3v) is 5.12. The summed E-state index contributed by atoms with van der Waals surface area (Å²) in [6, 6.07) is 2.22. The van der Waals surface area contributed by atoms with Crippen LogP contribution in [-0.2, 0) is 9.47 Å². The standard InChI is InChI=1S/C14H16N2O2/c1-8-9(7-15)12(17-4)16-14(3)11-10(5-6-18-11)13(8,14)2/h5-6,10-11H,1-4H3/t10-,11+,13-,14+/m0/s1. The zero-order valence-electron chi connectivity index (χ0n) is 11.0. The summed E-state index contributed by atoms with van der Waals surface area (Å²) in [5, 5.41) is 9.31. The Labute approximate surface area is 107 Å². The molecule has 0 unspecified atom stereocenters. The number of fused-ring (bicyclic) bond motifs is 4. The fourth-order valence-corrected chi connectivity index (χ4v) is 3.69. The molecule has 4 atom stereocenters. The molecule has 2 heterocycles. The van der Waals surface area contributed by atoms with Crippen LogP contribution in [0, 0.1) is 22.7 Å². The summed E-state index contributed by atoms with van der Waals surface area (Å²) < 4.78 is 10.9. The van der Waals surface area contributed by atoms with Crippen LogP contribution in [0.15, 0.2) is 28.5 Å². The van der Waals surface area contributed by atoms with Gasteiger partial charge in [-0.05, 0) is 25.5 Å². The second-order valence-corrected chi connectivity index (χ2v) is 5.49. The molecule has 94 valence electrons. The van der Waals surface area contributed by atoms with Crippen molar-refractivity contribution in [2.24, 2.45) is 16.3 Å². The van der Waals surface area contributed by atoms with Crippen molar-refractivity contribution in [1.29, 1.82) is 5.26 Å². The Morgan fingerprint density at radius 3 is 2.83 bits per heavy atom. The van der Waals surface area contributed by atoms with Gasteiger partial charge in [0, 0.05) is 11.3 Å². The Morgan fingerprint density at radius 2 is 2.22 bits per heavy atom. The molecule has 0 spiro atoms. The number of ether oxygens (including phenoxy) is 2. The topological polar surface area (TPSA) is 54.6 Å². The van der Waals surface area contributed by atoms with E-state index in [1.54, 1.807) is 13.4 Å². The summed E-state index contributed by atoms with van der Waals surface area (Å²) >= 11 is 0. The van der Waals surface area contributed by atoms with Crippen LogP contribution in [0.2, 0.25) is 0 Å². The fourth-order valence-electron chi connectivity index (χ4n) is 3.69. The van der Waals surface area contributed by atoms with Gasteiger partial charge >= 0.3 is 0 Å². The normalized spacial score (nSPS) is 44.3. The molecule has 1 saturated carbocycles. The minimum Gasteiger partial charge on any atom is -0.495 e. The first-order valence-electron chi connectivity index (χ1n) is 6.08. The predicted molar refractivity (Wildman–Crippen MR) is 66.8 cm³/mol. The maximum absolute atomic E-state index is 9.31. The second kappa shape index (κ2) is 3.17. The smallest absolute Gasteiger partial charge is 0.227 e. The highest BCUT2D eigenvalue weighted by atomic mass is 16.5. The van der Waals surface area contributed by atoms with Gasteiger partial charge in [-0.1, -0.05) is 6.92 Å². The van der Waals surface area contributed by atoms with Gasteiger partial charge in [-0.2, -0.15) is 5.26 Å². The van der Waals surface area contributed by atoms with Gasteiger partial charge < -0.3 is 9.47 Å². The molecule has 2 aliphatic heterocycles. The van der Waals surface area contributed by atoms with E-state index in [9.17, 15) is 5.26 Å². The molecule has 0 aromatic rings. The Hall–Kier alpha value is -1.76. The number of methoxy groups -OCH3 is 1. The largest absolute Gasteiger partial charge is 0.495 e. The molecule has 4 nitrogen and oxygen atoms in total. The van der Waals surface area contributed by atoms with E-state index in [1.165, 1.54) is 0 Å². The molecule has 0 saturated heterocycles. The number of aliphatic imine (C=N–C) groups is 1. The van der Waals surface area contributed by atoms with Crippen LogP contribution < -0.4 is 0 Å². The summed E-state index contributed by atoms with van der Waals surface area (Å²) in [5.74, 6) is 0.733. The fraction of sp³-hybridized carbons (Fsp3) is 0.571. The average molecular weight is 244 g/mol. The van der Waals surface area contributed by atoms with Crippen LogP contribution in [0.5, 0.6) is 0 Å². The van der Waals surface area contributed by atoms with Crippen LogP contribution in [0.3, 0.4) is 0 Å². The molecule has 18 heavy (non-hydrogen) atoms. The first kappa shape index (κ1) is 11.3. The lowest BCUT2D eigenvalue weighted by Gasteiger charge is -2.63. The Morgan fingerprint density at radius 1 is 1.50 bits per heavy atom. The van der Waals surface area contributed by atoms with Crippen LogP contribution in [0.1, 0.15) is 20.8 Å². The minimum atomic E-state index is -0.350. The van der Waals surface area contributed by atoms with Gasteiger partial charge in [0.2, 0.25) is 5.90 Å². The van der Waals surface area contributed by atoms with Gasteiger partial charge in [-0.3, -0.25) is 0 Å². The Kier molecular flexibility index (Phi) is 1.99. The van der Waals surface area contributed by atoms with Crippen LogP contribution in [0.25, 0.3) is 0 Å². The number of hydrogen-bond acceptors (Lipinski definition) is 4. The van der Waals surface area contributed by atoms with Crippen molar-refractivity contribution in [2.45, 2.75) is 32.4 Å².